The SMILES string of the molecule is Cn1nccc1-c1nnn2c1CO[C@H](CNC(=O)CC1CC1)C2. The van der Waals surface area contributed by atoms with Gasteiger partial charge < -0.3 is 10.1 Å². The summed E-state index contributed by atoms with van der Waals surface area (Å²) in [6.07, 6.45) is 4.69. The van der Waals surface area contributed by atoms with Crippen molar-refractivity contribution in [1.82, 2.24) is 30.1 Å². The lowest BCUT2D eigenvalue weighted by atomic mass is 10.2. The largest absolute Gasteiger partial charge is 0.368 e. The van der Waals surface area contributed by atoms with E-state index in [9.17, 15) is 4.79 Å². The molecule has 2 aliphatic rings. The van der Waals surface area contributed by atoms with E-state index < -0.39 is 0 Å². The van der Waals surface area contributed by atoms with Crippen LogP contribution in [0.2, 0.25) is 0 Å². The third-order valence-corrected chi connectivity index (χ3v) is 4.43. The zero-order valence-electron chi connectivity index (χ0n) is 13.1. The highest BCUT2D eigenvalue weighted by Crippen LogP contribution is 2.32. The summed E-state index contributed by atoms with van der Waals surface area (Å²) in [5.74, 6) is 0.724. The van der Waals surface area contributed by atoms with Crippen LogP contribution in [0.4, 0.5) is 0 Å². The lowest BCUT2D eigenvalue weighted by Crippen LogP contribution is -2.39. The van der Waals surface area contributed by atoms with Gasteiger partial charge in [-0.1, -0.05) is 5.21 Å². The molecule has 1 amide bonds. The van der Waals surface area contributed by atoms with Gasteiger partial charge in [0.25, 0.3) is 0 Å². The Balaban J connectivity index is 1.39. The summed E-state index contributed by atoms with van der Waals surface area (Å²) in [5.41, 5.74) is 2.68. The summed E-state index contributed by atoms with van der Waals surface area (Å²) in [6.45, 7) is 1.56. The molecule has 8 heteroatoms. The fourth-order valence-electron chi connectivity index (χ4n) is 2.88. The van der Waals surface area contributed by atoms with E-state index >= 15 is 0 Å². The predicted molar refractivity (Wildman–Crippen MR) is 81.2 cm³/mol. The zero-order valence-corrected chi connectivity index (χ0v) is 13.1. The molecule has 1 atom stereocenters. The van der Waals surface area contributed by atoms with Crippen molar-refractivity contribution in [3.63, 3.8) is 0 Å². The van der Waals surface area contributed by atoms with Gasteiger partial charge in [0, 0.05) is 26.2 Å². The molecule has 0 radical (unpaired) electrons. The van der Waals surface area contributed by atoms with Gasteiger partial charge in [-0.15, -0.1) is 5.10 Å². The number of fused-ring (bicyclic) bond motifs is 1. The van der Waals surface area contributed by atoms with E-state index in [-0.39, 0.29) is 12.0 Å². The molecule has 0 bridgehead atoms. The molecule has 23 heavy (non-hydrogen) atoms. The van der Waals surface area contributed by atoms with Gasteiger partial charge >= 0.3 is 0 Å². The second kappa shape index (κ2) is 5.77. The van der Waals surface area contributed by atoms with E-state index in [0.29, 0.717) is 32.0 Å². The van der Waals surface area contributed by atoms with E-state index in [1.165, 1.54) is 12.8 Å². The minimum Gasteiger partial charge on any atom is -0.368 e. The van der Waals surface area contributed by atoms with Gasteiger partial charge in [0.2, 0.25) is 5.91 Å². The summed E-state index contributed by atoms with van der Waals surface area (Å²) >= 11 is 0. The lowest BCUT2D eigenvalue weighted by Gasteiger charge is -2.24. The Hall–Kier alpha value is -2.22. The van der Waals surface area contributed by atoms with Crippen molar-refractivity contribution in [3.05, 3.63) is 18.0 Å². The number of ether oxygens (including phenoxy) is 1. The molecule has 2 aromatic heterocycles. The Labute approximate surface area is 133 Å². The van der Waals surface area contributed by atoms with Crippen molar-refractivity contribution >= 4 is 5.91 Å². The zero-order chi connectivity index (χ0) is 15.8. The first kappa shape index (κ1) is 14.4. The number of hydrogen-bond acceptors (Lipinski definition) is 5. The Kier molecular flexibility index (Phi) is 3.60. The molecular formula is C15H20N6O2. The fraction of sp³-hybridized carbons (Fsp3) is 0.600. The van der Waals surface area contributed by atoms with Crippen LogP contribution in [0.5, 0.6) is 0 Å². The highest BCUT2D eigenvalue weighted by molar-refractivity contribution is 5.76. The van der Waals surface area contributed by atoms with E-state index in [4.69, 9.17) is 4.74 Å². The molecule has 1 fully saturated rings. The smallest absolute Gasteiger partial charge is 0.220 e. The molecule has 1 N–H and O–H groups in total. The van der Waals surface area contributed by atoms with Crippen molar-refractivity contribution in [2.24, 2.45) is 13.0 Å². The molecule has 0 unspecified atom stereocenters. The van der Waals surface area contributed by atoms with Gasteiger partial charge in [0.15, 0.2) is 0 Å². The van der Waals surface area contributed by atoms with E-state index in [2.05, 4.69) is 20.7 Å². The van der Waals surface area contributed by atoms with E-state index in [1.807, 2.05) is 17.8 Å². The first-order valence-electron chi connectivity index (χ1n) is 7.99. The second-order valence-electron chi connectivity index (χ2n) is 6.29. The number of nitrogens with one attached hydrogen (secondary N) is 1. The number of rotatable bonds is 5. The number of carbonyl (C=O) groups is 1. The molecular weight excluding hydrogens is 296 g/mol. The summed E-state index contributed by atoms with van der Waals surface area (Å²) in [7, 11) is 1.88. The number of amides is 1. The van der Waals surface area contributed by atoms with Crippen LogP contribution in [0.3, 0.4) is 0 Å². The van der Waals surface area contributed by atoms with Crippen molar-refractivity contribution < 1.29 is 9.53 Å². The molecule has 0 aromatic carbocycles. The van der Waals surface area contributed by atoms with Crippen LogP contribution in [0.15, 0.2) is 12.3 Å². The van der Waals surface area contributed by atoms with Gasteiger partial charge in [-0.05, 0) is 24.8 Å². The van der Waals surface area contributed by atoms with E-state index in [0.717, 1.165) is 17.1 Å². The number of aryl methyl sites for hydroxylation is 1. The highest BCUT2D eigenvalue weighted by atomic mass is 16.5. The Morgan fingerprint density at radius 1 is 1.48 bits per heavy atom. The number of carbonyl (C=O) groups excluding carboxylic acids is 1. The standard InChI is InChI=1S/C15H20N6O2/c1-20-12(4-5-17-20)15-13-9-23-11(8-21(13)19-18-15)7-16-14(22)6-10-2-3-10/h4-5,10-11H,2-3,6-9H2,1H3,(H,16,22)/t11-/m1/s1. The maximum atomic E-state index is 11.8. The van der Waals surface area contributed by atoms with Crippen LogP contribution >= 0.6 is 0 Å². The van der Waals surface area contributed by atoms with E-state index in [1.54, 1.807) is 10.9 Å². The van der Waals surface area contributed by atoms with Crippen LogP contribution in [0, 0.1) is 5.92 Å². The summed E-state index contributed by atoms with van der Waals surface area (Å²) < 4.78 is 9.50. The first-order chi connectivity index (χ1) is 11.2. The lowest BCUT2D eigenvalue weighted by molar-refractivity contribution is -0.122. The minimum atomic E-state index is -0.0632. The molecule has 0 spiro atoms. The second-order valence-corrected chi connectivity index (χ2v) is 6.29. The maximum absolute atomic E-state index is 11.8. The molecule has 1 aliphatic heterocycles. The number of aromatic nitrogens is 5. The first-order valence-corrected chi connectivity index (χ1v) is 7.99. The molecule has 1 aliphatic carbocycles. The summed E-state index contributed by atoms with van der Waals surface area (Å²) in [6, 6.07) is 1.91. The normalized spacial score (nSPS) is 20.3. The summed E-state index contributed by atoms with van der Waals surface area (Å²) in [4.78, 5) is 11.8. The molecule has 2 aromatic rings. The van der Waals surface area contributed by atoms with Crippen LogP contribution in [-0.4, -0.2) is 43.3 Å². The third kappa shape index (κ3) is 2.98. The van der Waals surface area contributed by atoms with Gasteiger partial charge in [0.1, 0.15) is 5.69 Å². The quantitative estimate of drug-likeness (QED) is 0.867. The molecule has 4 rings (SSSR count). The number of nitrogens with zero attached hydrogens (tertiary/aromatic N) is 5. The van der Waals surface area contributed by atoms with Gasteiger partial charge in [-0.25, -0.2) is 4.68 Å². The van der Waals surface area contributed by atoms with Crippen molar-refractivity contribution in [2.45, 2.75) is 38.5 Å². The van der Waals surface area contributed by atoms with Crippen molar-refractivity contribution in [3.8, 4) is 11.4 Å². The van der Waals surface area contributed by atoms with Crippen LogP contribution in [0.25, 0.3) is 11.4 Å². The average Bonchev–Trinajstić information content (AvgIpc) is 3.10. The van der Waals surface area contributed by atoms with Gasteiger partial charge in [0.05, 0.1) is 30.6 Å². The fourth-order valence-corrected chi connectivity index (χ4v) is 2.88. The number of hydrogen-bond donors (Lipinski definition) is 1. The van der Waals surface area contributed by atoms with Crippen LogP contribution < -0.4 is 5.32 Å². The van der Waals surface area contributed by atoms with Crippen molar-refractivity contribution in [1.29, 1.82) is 0 Å². The Bertz CT molecular complexity index is 717. The maximum Gasteiger partial charge on any atom is 0.220 e. The molecule has 0 saturated heterocycles. The molecule has 122 valence electrons. The van der Waals surface area contributed by atoms with Crippen molar-refractivity contribution in [2.75, 3.05) is 6.54 Å². The summed E-state index contributed by atoms with van der Waals surface area (Å²) in [5, 5.41) is 15.6. The van der Waals surface area contributed by atoms with Gasteiger partial charge in [-0.3, -0.25) is 9.48 Å². The Morgan fingerprint density at radius 2 is 2.35 bits per heavy atom. The monoisotopic (exact) mass is 316 g/mol. The minimum absolute atomic E-state index is 0.0632. The van der Waals surface area contributed by atoms with Crippen LogP contribution in [-0.2, 0) is 29.7 Å². The highest BCUT2D eigenvalue weighted by Gasteiger charge is 2.27. The third-order valence-electron chi connectivity index (χ3n) is 4.43. The average molecular weight is 316 g/mol. The molecule has 1 saturated carbocycles. The topological polar surface area (TPSA) is 86.9 Å². The predicted octanol–water partition coefficient (Wildman–Crippen LogP) is 0.494. The van der Waals surface area contributed by atoms with Crippen LogP contribution in [0.1, 0.15) is 25.0 Å². The molecule has 3 heterocycles. The van der Waals surface area contributed by atoms with Gasteiger partial charge in [-0.2, -0.15) is 5.10 Å². The Morgan fingerprint density at radius 3 is 3.09 bits per heavy atom. The molecule has 8 nitrogen and oxygen atoms in total.